The summed E-state index contributed by atoms with van der Waals surface area (Å²) in [7, 11) is 0. The number of aryl methyl sites for hydroxylation is 1. The molecule has 5 heteroatoms. The number of unbranched alkanes of at least 4 members (excludes halogenated alkanes) is 5. The van der Waals surface area contributed by atoms with Crippen molar-refractivity contribution in [2.24, 2.45) is 0 Å². The fraction of sp³-hybridized carbons (Fsp3) is 0.727. The third-order valence-corrected chi connectivity index (χ3v) is 4.53. The van der Waals surface area contributed by atoms with Crippen LogP contribution in [0.4, 0.5) is 0 Å². The highest BCUT2D eigenvalue weighted by Gasteiger charge is 1.98. The Morgan fingerprint density at radius 2 is 1.22 bits per heavy atom. The number of hydrogen-bond donors (Lipinski definition) is 0. The molecule has 0 aliphatic heterocycles. The third-order valence-electron chi connectivity index (χ3n) is 4.20. The summed E-state index contributed by atoms with van der Waals surface area (Å²) >= 11 is 3.31. The van der Waals surface area contributed by atoms with Gasteiger partial charge in [-0.15, -0.1) is 0 Å². The molecule has 0 atom stereocenters. The molecular weight excluding hydrogens is 408 g/mol. The Morgan fingerprint density at radius 3 is 1.85 bits per heavy atom. The van der Waals surface area contributed by atoms with Crippen LogP contribution in [0, 0.1) is 0 Å². The van der Waals surface area contributed by atoms with Crippen LogP contribution in [0.5, 0.6) is 5.75 Å². The van der Waals surface area contributed by atoms with Gasteiger partial charge in [-0.25, -0.2) is 0 Å². The zero-order valence-electron chi connectivity index (χ0n) is 16.9. The van der Waals surface area contributed by atoms with Gasteiger partial charge in [0.15, 0.2) is 0 Å². The number of benzene rings is 1. The Hall–Kier alpha value is -0.620. The fourth-order valence-corrected chi connectivity index (χ4v) is 2.91. The second-order valence-corrected chi connectivity index (χ2v) is 7.33. The highest BCUT2D eigenvalue weighted by molar-refractivity contribution is 9.09. The number of alkyl halides is 1. The molecule has 0 aliphatic rings. The van der Waals surface area contributed by atoms with Gasteiger partial charge in [0.2, 0.25) is 0 Å². The monoisotopic (exact) mass is 444 g/mol. The maximum absolute atomic E-state index is 5.71. The summed E-state index contributed by atoms with van der Waals surface area (Å²) in [6.07, 6.45) is 9.21. The van der Waals surface area contributed by atoms with Gasteiger partial charge in [0.1, 0.15) is 12.4 Å². The van der Waals surface area contributed by atoms with Gasteiger partial charge in [-0.2, -0.15) is 0 Å². The SMILES string of the molecule is CCCCCCCCc1ccc(OCCOCCOCCOCCBr)cc1. The smallest absolute Gasteiger partial charge is 0.119 e. The summed E-state index contributed by atoms with van der Waals surface area (Å²) in [6, 6.07) is 8.46. The van der Waals surface area contributed by atoms with Crippen LogP contribution in [0.15, 0.2) is 24.3 Å². The quantitative estimate of drug-likeness (QED) is 0.211. The first-order chi connectivity index (χ1) is 13.4. The largest absolute Gasteiger partial charge is 0.491 e. The molecule has 0 aromatic heterocycles. The van der Waals surface area contributed by atoms with E-state index >= 15 is 0 Å². The predicted molar refractivity (Wildman–Crippen MR) is 115 cm³/mol. The predicted octanol–water partition coefficient (Wildman–Crippen LogP) is 5.41. The van der Waals surface area contributed by atoms with E-state index in [1.165, 1.54) is 44.1 Å². The second-order valence-electron chi connectivity index (χ2n) is 6.54. The minimum atomic E-state index is 0.561. The third kappa shape index (κ3) is 15.0. The molecule has 4 nitrogen and oxygen atoms in total. The topological polar surface area (TPSA) is 36.9 Å². The lowest BCUT2D eigenvalue weighted by Crippen LogP contribution is -2.13. The van der Waals surface area contributed by atoms with Gasteiger partial charge >= 0.3 is 0 Å². The number of rotatable bonds is 19. The summed E-state index contributed by atoms with van der Waals surface area (Å²) in [4.78, 5) is 0. The van der Waals surface area contributed by atoms with Gasteiger partial charge in [0.05, 0.1) is 39.6 Å². The van der Waals surface area contributed by atoms with Gasteiger partial charge in [-0.05, 0) is 30.5 Å². The minimum Gasteiger partial charge on any atom is -0.491 e. The van der Waals surface area contributed by atoms with E-state index in [-0.39, 0.29) is 0 Å². The van der Waals surface area contributed by atoms with E-state index in [1.54, 1.807) is 0 Å². The Balaban J connectivity index is 1.94. The molecule has 0 radical (unpaired) electrons. The van der Waals surface area contributed by atoms with Crippen LogP contribution < -0.4 is 4.74 Å². The van der Waals surface area contributed by atoms with Crippen molar-refractivity contribution in [3.63, 3.8) is 0 Å². The number of halogens is 1. The maximum atomic E-state index is 5.71. The summed E-state index contributed by atoms with van der Waals surface area (Å²) in [5.74, 6) is 0.908. The van der Waals surface area contributed by atoms with E-state index in [2.05, 4.69) is 47.1 Å². The second kappa shape index (κ2) is 18.7. The van der Waals surface area contributed by atoms with Gasteiger partial charge in [0, 0.05) is 5.33 Å². The lowest BCUT2D eigenvalue weighted by molar-refractivity contribution is 0.0119. The molecule has 0 bridgehead atoms. The Kier molecular flexibility index (Phi) is 16.9. The van der Waals surface area contributed by atoms with Crippen molar-refractivity contribution in [3.05, 3.63) is 29.8 Å². The standard InChI is InChI=1S/C22H37BrO4/c1-2-3-4-5-6-7-8-21-9-11-22(12-10-21)27-20-19-26-18-17-25-16-15-24-14-13-23/h9-12H,2-8,13-20H2,1H3. The molecule has 1 aromatic rings. The zero-order valence-corrected chi connectivity index (χ0v) is 18.5. The van der Waals surface area contributed by atoms with E-state index in [0.29, 0.717) is 39.6 Å². The lowest BCUT2D eigenvalue weighted by atomic mass is 10.0. The summed E-state index contributed by atoms with van der Waals surface area (Å²) in [5, 5.41) is 0.859. The Morgan fingerprint density at radius 1 is 0.667 bits per heavy atom. The first kappa shape index (κ1) is 24.4. The van der Waals surface area contributed by atoms with Crippen molar-refractivity contribution in [2.75, 3.05) is 51.6 Å². The van der Waals surface area contributed by atoms with E-state index < -0.39 is 0 Å². The molecule has 0 unspecified atom stereocenters. The summed E-state index contributed by atoms with van der Waals surface area (Å²) in [6.45, 7) is 6.52. The van der Waals surface area contributed by atoms with Crippen LogP contribution in [0.3, 0.4) is 0 Å². The average Bonchev–Trinajstić information content (AvgIpc) is 2.70. The van der Waals surface area contributed by atoms with Crippen molar-refractivity contribution in [2.45, 2.75) is 51.9 Å². The van der Waals surface area contributed by atoms with E-state index in [9.17, 15) is 0 Å². The molecule has 0 N–H and O–H groups in total. The molecule has 0 aliphatic carbocycles. The van der Waals surface area contributed by atoms with Crippen LogP contribution in [-0.4, -0.2) is 51.6 Å². The molecule has 0 amide bonds. The molecule has 0 saturated carbocycles. The van der Waals surface area contributed by atoms with Crippen molar-refractivity contribution < 1.29 is 18.9 Å². The van der Waals surface area contributed by atoms with E-state index in [4.69, 9.17) is 18.9 Å². The van der Waals surface area contributed by atoms with Crippen LogP contribution in [-0.2, 0) is 20.6 Å². The van der Waals surface area contributed by atoms with E-state index in [0.717, 1.165) is 24.1 Å². The van der Waals surface area contributed by atoms with Gasteiger partial charge in [0.25, 0.3) is 0 Å². The minimum absolute atomic E-state index is 0.561. The summed E-state index contributed by atoms with van der Waals surface area (Å²) in [5.41, 5.74) is 1.39. The highest BCUT2D eigenvalue weighted by Crippen LogP contribution is 2.15. The number of hydrogen-bond acceptors (Lipinski definition) is 4. The van der Waals surface area contributed by atoms with Crippen molar-refractivity contribution in [1.29, 1.82) is 0 Å². The number of ether oxygens (including phenoxy) is 4. The molecule has 1 aromatic carbocycles. The molecule has 0 heterocycles. The van der Waals surface area contributed by atoms with Gasteiger partial charge in [-0.3, -0.25) is 0 Å². The maximum Gasteiger partial charge on any atom is 0.119 e. The fourth-order valence-electron chi connectivity index (χ4n) is 2.68. The molecule has 156 valence electrons. The Labute approximate surface area is 174 Å². The molecule has 0 fully saturated rings. The first-order valence-corrected chi connectivity index (χ1v) is 11.5. The highest BCUT2D eigenvalue weighted by atomic mass is 79.9. The van der Waals surface area contributed by atoms with Crippen molar-refractivity contribution in [1.82, 2.24) is 0 Å². The van der Waals surface area contributed by atoms with Crippen LogP contribution in [0.2, 0.25) is 0 Å². The first-order valence-electron chi connectivity index (χ1n) is 10.4. The zero-order chi connectivity index (χ0) is 19.4. The van der Waals surface area contributed by atoms with Gasteiger partial charge < -0.3 is 18.9 Å². The van der Waals surface area contributed by atoms with Crippen molar-refractivity contribution in [3.8, 4) is 5.75 Å². The van der Waals surface area contributed by atoms with Crippen LogP contribution >= 0.6 is 15.9 Å². The van der Waals surface area contributed by atoms with Crippen molar-refractivity contribution >= 4 is 15.9 Å². The van der Waals surface area contributed by atoms with Crippen LogP contribution in [0.1, 0.15) is 51.0 Å². The normalized spacial score (nSPS) is 11.0. The summed E-state index contributed by atoms with van der Waals surface area (Å²) < 4.78 is 21.9. The molecule has 27 heavy (non-hydrogen) atoms. The van der Waals surface area contributed by atoms with E-state index in [1.807, 2.05) is 0 Å². The average molecular weight is 445 g/mol. The molecule has 0 saturated heterocycles. The lowest BCUT2D eigenvalue weighted by Gasteiger charge is -2.09. The van der Waals surface area contributed by atoms with Crippen LogP contribution in [0.25, 0.3) is 0 Å². The molecule has 1 rings (SSSR count). The van der Waals surface area contributed by atoms with Gasteiger partial charge in [-0.1, -0.05) is 67.1 Å². The Bertz CT molecular complexity index is 425. The molecule has 0 spiro atoms. The molecular formula is C22H37BrO4.